The van der Waals surface area contributed by atoms with E-state index >= 15 is 0 Å². The molecule has 0 saturated heterocycles. The lowest BCUT2D eigenvalue weighted by atomic mass is 9.88. The number of aliphatic hydroxyl groups is 1. The average molecular weight is 237 g/mol. The highest BCUT2D eigenvalue weighted by Gasteiger charge is 2.17. The Morgan fingerprint density at radius 1 is 1.29 bits per heavy atom. The van der Waals surface area contributed by atoms with Crippen molar-refractivity contribution >= 4 is 0 Å². The van der Waals surface area contributed by atoms with Gasteiger partial charge in [-0.25, -0.2) is 0 Å². The molecule has 1 aromatic carbocycles. The number of phenols is 1. The molecule has 96 valence electrons. The summed E-state index contributed by atoms with van der Waals surface area (Å²) in [6.07, 6.45) is 0.919. The number of aromatic hydroxyl groups is 1. The maximum Gasteiger partial charge on any atom is 0.115 e. The normalized spacial score (nSPS) is 13.6. The van der Waals surface area contributed by atoms with Crippen LogP contribution >= 0.6 is 0 Å². The summed E-state index contributed by atoms with van der Waals surface area (Å²) in [6.45, 7) is 7.27. The van der Waals surface area contributed by atoms with Gasteiger partial charge < -0.3 is 15.5 Å². The van der Waals surface area contributed by atoms with Crippen molar-refractivity contribution in [2.75, 3.05) is 6.61 Å². The van der Waals surface area contributed by atoms with Crippen LogP contribution in [0, 0.1) is 5.41 Å². The van der Waals surface area contributed by atoms with E-state index in [1.807, 2.05) is 12.1 Å². The summed E-state index contributed by atoms with van der Waals surface area (Å²) in [7, 11) is 0. The lowest BCUT2D eigenvalue weighted by molar-refractivity contribution is 0.198. The van der Waals surface area contributed by atoms with Gasteiger partial charge in [0.15, 0.2) is 0 Å². The van der Waals surface area contributed by atoms with Gasteiger partial charge in [-0.05, 0) is 29.5 Å². The second-order valence-electron chi connectivity index (χ2n) is 5.70. The largest absolute Gasteiger partial charge is 0.508 e. The van der Waals surface area contributed by atoms with E-state index in [1.54, 1.807) is 12.1 Å². The molecule has 0 aliphatic carbocycles. The number of hydrogen-bond acceptors (Lipinski definition) is 3. The molecule has 0 heterocycles. The van der Waals surface area contributed by atoms with E-state index in [0.29, 0.717) is 6.54 Å². The zero-order valence-electron chi connectivity index (χ0n) is 10.9. The molecule has 0 aliphatic rings. The van der Waals surface area contributed by atoms with E-state index in [0.717, 1.165) is 12.0 Å². The van der Waals surface area contributed by atoms with E-state index in [-0.39, 0.29) is 23.8 Å². The summed E-state index contributed by atoms with van der Waals surface area (Å²) in [5, 5.41) is 22.0. The SMILES string of the molecule is CC(C)(C)CC(CO)NCc1cccc(O)c1. The van der Waals surface area contributed by atoms with Crippen molar-refractivity contribution < 1.29 is 10.2 Å². The number of hydrogen-bond donors (Lipinski definition) is 3. The van der Waals surface area contributed by atoms with Crippen molar-refractivity contribution in [2.24, 2.45) is 5.41 Å². The minimum absolute atomic E-state index is 0.0948. The summed E-state index contributed by atoms with van der Waals surface area (Å²) < 4.78 is 0. The fourth-order valence-corrected chi connectivity index (χ4v) is 1.87. The van der Waals surface area contributed by atoms with Crippen LogP contribution in [0.25, 0.3) is 0 Å². The molecule has 0 aliphatic heterocycles. The topological polar surface area (TPSA) is 52.5 Å². The lowest BCUT2D eigenvalue weighted by Crippen LogP contribution is -2.35. The fourth-order valence-electron chi connectivity index (χ4n) is 1.87. The van der Waals surface area contributed by atoms with Gasteiger partial charge in [0.1, 0.15) is 5.75 Å². The zero-order chi connectivity index (χ0) is 12.9. The molecular weight excluding hydrogens is 214 g/mol. The Morgan fingerprint density at radius 3 is 2.53 bits per heavy atom. The number of rotatable bonds is 5. The molecule has 0 aromatic heterocycles. The first-order chi connectivity index (χ1) is 7.90. The standard InChI is InChI=1S/C14H23NO2/c1-14(2,3)8-12(10-16)15-9-11-5-4-6-13(17)7-11/h4-7,12,15-17H,8-10H2,1-3H3. The molecule has 17 heavy (non-hydrogen) atoms. The van der Waals surface area contributed by atoms with Crippen LogP contribution in [0.5, 0.6) is 5.75 Å². The van der Waals surface area contributed by atoms with E-state index in [2.05, 4.69) is 26.1 Å². The number of benzene rings is 1. The highest BCUT2D eigenvalue weighted by molar-refractivity contribution is 5.26. The maximum atomic E-state index is 9.34. The second kappa shape index (κ2) is 6.03. The molecular formula is C14H23NO2. The van der Waals surface area contributed by atoms with Crippen LogP contribution in [0.2, 0.25) is 0 Å². The molecule has 0 saturated carbocycles. The summed E-state index contributed by atoms with van der Waals surface area (Å²) >= 11 is 0. The number of nitrogens with one attached hydrogen (secondary N) is 1. The minimum atomic E-state index is 0.0948. The summed E-state index contributed by atoms with van der Waals surface area (Å²) in [5.74, 6) is 0.278. The molecule has 0 amide bonds. The Kier molecular flexibility index (Phi) is 4.97. The van der Waals surface area contributed by atoms with Gasteiger partial charge in [-0.2, -0.15) is 0 Å². The second-order valence-corrected chi connectivity index (χ2v) is 5.70. The van der Waals surface area contributed by atoms with Gasteiger partial charge in [0.25, 0.3) is 0 Å². The van der Waals surface area contributed by atoms with Crippen molar-refractivity contribution in [1.29, 1.82) is 0 Å². The Labute approximate surface area is 103 Å². The smallest absolute Gasteiger partial charge is 0.115 e. The predicted molar refractivity (Wildman–Crippen MR) is 69.9 cm³/mol. The van der Waals surface area contributed by atoms with Gasteiger partial charge in [0, 0.05) is 12.6 Å². The molecule has 1 unspecified atom stereocenters. The third-order valence-electron chi connectivity index (χ3n) is 2.58. The van der Waals surface area contributed by atoms with Crippen molar-refractivity contribution in [3.8, 4) is 5.75 Å². The molecule has 0 bridgehead atoms. The first kappa shape index (κ1) is 14.0. The third kappa shape index (κ3) is 5.71. The Bertz CT molecular complexity index is 344. The van der Waals surface area contributed by atoms with Crippen LogP contribution in [0.4, 0.5) is 0 Å². The summed E-state index contributed by atoms with van der Waals surface area (Å²) in [6, 6.07) is 7.26. The van der Waals surface area contributed by atoms with Crippen LogP contribution in [0.3, 0.4) is 0 Å². The van der Waals surface area contributed by atoms with Crippen LogP contribution < -0.4 is 5.32 Å². The van der Waals surface area contributed by atoms with Crippen molar-refractivity contribution in [3.05, 3.63) is 29.8 Å². The quantitative estimate of drug-likeness (QED) is 0.736. The highest BCUT2D eigenvalue weighted by Crippen LogP contribution is 2.21. The fraction of sp³-hybridized carbons (Fsp3) is 0.571. The van der Waals surface area contributed by atoms with Crippen molar-refractivity contribution in [2.45, 2.75) is 39.8 Å². The molecule has 1 rings (SSSR count). The Hall–Kier alpha value is -1.06. The van der Waals surface area contributed by atoms with Gasteiger partial charge in [0.2, 0.25) is 0 Å². The van der Waals surface area contributed by atoms with Gasteiger partial charge >= 0.3 is 0 Å². The number of aliphatic hydroxyl groups excluding tert-OH is 1. The maximum absolute atomic E-state index is 9.34. The Balaban J connectivity index is 2.48. The monoisotopic (exact) mass is 237 g/mol. The molecule has 1 aromatic rings. The van der Waals surface area contributed by atoms with Crippen LogP contribution in [0.15, 0.2) is 24.3 Å². The first-order valence-corrected chi connectivity index (χ1v) is 6.03. The van der Waals surface area contributed by atoms with Gasteiger partial charge in [0.05, 0.1) is 6.61 Å². The van der Waals surface area contributed by atoms with E-state index < -0.39 is 0 Å². The first-order valence-electron chi connectivity index (χ1n) is 6.03. The lowest BCUT2D eigenvalue weighted by Gasteiger charge is -2.25. The van der Waals surface area contributed by atoms with E-state index in [1.165, 1.54) is 0 Å². The van der Waals surface area contributed by atoms with Crippen LogP contribution in [-0.2, 0) is 6.54 Å². The average Bonchev–Trinajstić information content (AvgIpc) is 2.23. The molecule has 0 fully saturated rings. The van der Waals surface area contributed by atoms with Crippen molar-refractivity contribution in [1.82, 2.24) is 5.32 Å². The number of phenolic OH excluding ortho intramolecular Hbond substituents is 1. The van der Waals surface area contributed by atoms with Crippen LogP contribution in [-0.4, -0.2) is 22.9 Å². The zero-order valence-corrected chi connectivity index (χ0v) is 10.9. The minimum Gasteiger partial charge on any atom is -0.508 e. The molecule has 0 radical (unpaired) electrons. The third-order valence-corrected chi connectivity index (χ3v) is 2.58. The highest BCUT2D eigenvalue weighted by atomic mass is 16.3. The molecule has 3 nitrogen and oxygen atoms in total. The summed E-state index contributed by atoms with van der Waals surface area (Å²) in [4.78, 5) is 0. The predicted octanol–water partition coefficient (Wildman–Crippen LogP) is 2.28. The van der Waals surface area contributed by atoms with Gasteiger partial charge in [-0.15, -0.1) is 0 Å². The Morgan fingerprint density at radius 2 is 2.00 bits per heavy atom. The van der Waals surface area contributed by atoms with Crippen LogP contribution in [0.1, 0.15) is 32.8 Å². The molecule has 0 spiro atoms. The molecule has 3 N–H and O–H groups in total. The molecule has 3 heteroatoms. The van der Waals surface area contributed by atoms with Crippen molar-refractivity contribution in [3.63, 3.8) is 0 Å². The molecule has 1 atom stereocenters. The van der Waals surface area contributed by atoms with Gasteiger partial charge in [-0.3, -0.25) is 0 Å². The van der Waals surface area contributed by atoms with E-state index in [9.17, 15) is 10.2 Å². The summed E-state index contributed by atoms with van der Waals surface area (Å²) in [5.41, 5.74) is 1.22. The van der Waals surface area contributed by atoms with Gasteiger partial charge in [-0.1, -0.05) is 32.9 Å². The van der Waals surface area contributed by atoms with E-state index in [4.69, 9.17) is 0 Å².